The van der Waals surface area contributed by atoms with Crippen LogP contribution in [-0.4, -0.2) is 50.5 Å². The highest BCUT2D eigenvalue weighted by molar-refractivity contribution is 7.18. The minimum Gasteiger partial charge on any atom is -0.497 e. The molecule has 13 heteroatoms. The SMILES string of the molecule is COc1ccc(OC(=O)C2CCC(C(=O)OCCc3ccc(OC(=O)C4CCC(C(=O)Oc5ccc(OC)cc5/C=C/C(=O)c5ccc(Cl)s5)CC4)cc3)CC2)cc1. The third kappa shape index (κ3) is 11.6. The molecule has 0 spiro atoms. The molecular weight excluding hydrogens is 784 g/mol. The molecule has 1 aromatic heterocycles. The van der Waals surface area contributed by atoms with Crippen molar-refractivity contribution in [3.63, 3.8) is 0 Å². The third-order valence-corrected chi connectivity index (χ3v) is 11.7. The number of halogens is 1. The molecule has 58 heavy (non-hydrogen) atoms. The quantitative estimate of drug-likeness (QED) is 0.0490. The fourth-order valence-corrected chi connectivity index (χ4v) is 8.01. The summed E-state index contributed by atoms with van der Waals surface area (Å²) in [5.74, 6) is -0.401. The maximum absolute atomic E-state index is 13.2. The van der Waals surface area contributed by atoms with Crippen molar-refractivity contribution in [1.29, 1.82) is 0 Å². The number of carbonyl (C=O) groups is 5. The molecule has 0 unspecified atom stereocenters. The lowest BCUT2D eigenvalue weighted by atomic mass is 9.82. The topological polar surface area (TPSA) is 141 Å². The van der Waals surface area contributed by atoms with Gasteiger partial charge in [-0.05, 0) is 136 Å². The van der Waals surface area contributed by atoms with E-state index in [1.54, 1.807) is 79.9 Å². The van der Waals surface area contributed by atoms with E-state index in [9.17, 15) is 24.0 Å². The van der Waals surface area contributed by atoms with E-state index in [1.165, 1.54) is 24.5 Å². The fraction of sp³-hybridized carbons (Fsp3) is 0.356. The van der Waals surface area contributed by atoms with Crippen LogP contribution in [0.2, 0.25) is 4.34 Å². The van der Waals surface area contributed by atoms with Crippen LogP contribution in [0.3, 0.4) is 0 Å². The molecule has 2 aliphatic rings. The number of esters is 4. The summed E-state index contributed by atoms with van der Waals surface area (Å²) in [5, 5.41) is 0. The number of benzene rings is 3. The van der Waals surface area contributed by atoms with Gasteiger partial charge in [0, 0.05) is 12.0 Å². The Balaban J connectivity index is 0.891. The molecule has 2 fully saturated rings. The van der Waals surface area contributed by atoms with Crippen LogP contribution in [0.1, 0.15) is 72.2 Å². The average Bonchev–Trinajstić information content (AvgIpc) is 3.70. The summed E-state index contributed by atoms with van der Waals surface area (Å²) in [6.45, 7) is 0.213. The molecular formula is C45H45ClO11S. The Bertz CT molecular complexity index is 2090. The number of carbonyl (C=O) groups excluding carboxylic acids is 5. The number of methoxy groups -OCH3 is 2. The highest BCUT2D eigenvalue weighted by Crippen LogP contribution is 2.34. The Hall–Kier alpha value is -5.46. The Morgan fingerprint density at radius 3 is 1.60 bits per heavy atom. The summed E-state index contributed by atoms with van der Waals surface area (Å²) >= 11 is 7.15. The van der Waals surface area contributed by atoms with Gasteiger partial charge in [0.15, 0.2) is 5.78 Å². The molecule has 2 saturated carbocycles. The number of hydrogen-bond donors (Lipinski definition) is 0. The van der Waals surface area contributed by atoms with Gasteiger partial charge in [0.1, 0.15) is 28.7 Å². The lowest BCUT2D eigenvalue weighted by molar-refractivity contribution is -0.152. The van der Waals surface area contributed by atoms with Gasteiger partial charge in [0.05, 0.1) is 53.7 Å². The summed E-state index contributed by atoms with van der Waals surface area (Å²) in [6, 6.07) is 22.2. The molecule has 2 aliphatic carbocycles. The summed E-state index contributed by atoms with van der Waals surface area (Å²) in [7, 11) is 3.10. The summed E-state index contributed by atoms with van der Waals surface area (Å²) in [5.41, 5.74) is 1.43. The predicted octanol–water partition coefficient (Wildman–Crippen LogP) is 9.13. The summed E-state index contributed by atoms with van der Waals surface area (Å²) in [4.78, 5) is 64.7. The van der Waals surface area contributed by atoms with E-state index in [0.717, 1.165) is 5.56 Å². The molecule has 0 atom stereocenters. The first-order valence-corrected chi connectivity index (χ1v) is 20.5. The molecule has 0 saturated heterocycles. The molecule has 0 bridgehead atoms. The van der Waals surface area contributed by atoms with Crippen LogP contribution in [0.15, 0.2) is 84.9 Å². The molecule has 0 amide bonds. The normalized spacial score (nSPS) is 19.2. The Morgan fingerprint density at radius 2 is 1.09 bits per heavy atom. The molecule has 304 valence electrons. The monoisotopic (exact) mass is 828 g/mol. The van der Waals surface area contributed by atoms with Gasteiger partial charge in [0.25, 0.3) is 0 Å². The maximum atomic E-state index is 13.2. The predicted molar refractivity (Wildman–Crippen MR) is 218 cm³/mol. The van der Waals surface area contributed by atoms with E-state index in [0.29, 0.717) is 101 Å². The van der Waals surface area contributed by atoms with Gasteiger partial charge >= 0.3 is 23.9 Å². The third-order valence-electron chi connectivity index (χ3n) is 10.5. The standard InChI is InChI=1S/C45H45ClO11S/c1-52-34-16-18-36(19-17-34)56-44(50)30-7-5-29(6-8-30)42(48)54-26-25-28-3-14-35(15-4-28)55-43(49)31-9-11-32(12-10-31)45(51)57-39-22-20-37(53-2)27-33(39)13-21-38(47)40-23-24-41(46)58-40/h3-4,13-24,27,29-32H,5-12,25-26H2,1-2H3/b21-13+. The lowest BCUT2D eigenvalue weighted by Crippen LogP contribution is -2.30. The first-order chi connectivity index (χ1) is 28.1. The Labute approximate surface area is 346 Å². The number of allylic oxidation sites excluding steroid dienone is 1. The van der Waals surface area contributed by atoms with Crippen molar-refractivity contribution in [2.45, 2.75) is 57.8 Å². The molecule has 3 aromatic carbocycles. The average molecular weight is 829 g/mol. The number of ether oxygens (including phenoxy) is 6. The van der Waals surface area contributed by atoms with Crippen molar-refractivity contribution in [3.05, 3.63) is 105 Å². The molecule has 4 aromatic rings. The van der Waals surface area contributed by atoms with E-state index < -0.39 is 11.9 Å². The smallest absolute Gasteiger partial charge is 0.314 e. The van der Waals surface area contributed by atoms with Crippen LogP contribution in [0.4, 0.5) is 0 Å². The van der Waals surface area contributed by atoms with Gasteiger partial charge < -0.3 is 28.4 Å². The van der Waals surface area contributed by atoms with Crippen molar-refractivity contribution in [1.82, 2.24) is 0 Å². The highest BCUT2D eigenvalue weighted by atomic mass is 35.5. The van der Waals surface area contributed by atoms with Crippen LogP contribution in [0.5, 0.6) is 28.7 Å². The Kier molecular flexibility index (Phi) is 14.8. The number of thiophene rings is 1. The second-order valence-corrected chi connectivity index (χ2v) is 16.0. The summed E-state index contributed by atoms with van der Waals surface area (Å²) < 4.78 is 33.5. The number of rotatable bonds is 15. The second-order valence-electron chi connectivity index (χ2n) is 14.3. The lowest BCUT2D eigenvalue weighted by Gasteiger charge is -2.26. The van der Waals surface area contributed by atoms with Crippen LogP contribution < -0.4 is 23.7 Å². The fourth-order valence-electron chi connectivity index (χ4n) is 7.05. The van der Waals surface area contributed by atoms with Crippen LogP contribution >= 0.6 is 22.9 Å². The zero-order valence-corrected chi connectivity index (χ0v) is 33.9. The first-order valence-electron chi connectivity index (χ1n) is 19.3. The van der Waals surface area contributed by atoms with Crippen LogP contribution in [0, 0.1) is 23.7 Å². The van der Waals surface area contributed by atoms with Gasteiger partial charge in [-0.3, -0.25) is 24.0 Å². The minimum absolute atomic E-state index is 0.213. The molecule has 1 heterocycles. The zero-order chi connectivity index (χ0) is 41.0. The number of hydrogen-bond acceptors (Lipinski definition) is 12. The maximum Gasteiger partial charge on any atom is 0.314 e. The van der Waals surface area contributed by atoms with Crippen molar-refractivity contribution in [3.8, 4) is 28.7 Å². The van der Waals surface area contributed by atoms with Gasteiger partial charge in [-0.2, -0.15) is 0 Å². The van der Waals surface area contributed by atoms with Gasteiger partial charge in [-0.1, -0.05) is 23.7 Å². The molecule has 0 N–H and O–H groups in total. The second kappa shape index (κ2) is 20.3. The summed E-state index contributed by atoms with van der Waals surface area (Å²) in [6.07, 6.45) is 7.62. The van der Waals surface area contributed by atoms with Gasteiger partial charge in [0.2, 0.25) is 0 Å². The number of ketones is 1. The zero-order valence-electron chi connectivity index (χ0n) is 32.3. The van der Waals surface area contributed by atoms with Crippen molar-refractivity contribution >= 4 is 58.7 Å². The van der Waals surface area contributed by atoms with Crippen LogP contribution in [0.25, 0.3) is 6.08 Å². The molecule has 11 nitrogen and oxygen atoms in total. The van der Waals surface area contributed by atoms with E-state index in [1.807, 2.05) is 12.1 Å². The minimum atomic E-state index is -0.403. The van der Waals surface area contributed by atoms with Crippen molar-refractivity contribution in [2.75, 3.05) is 20.8 Å². The Morgan fingerprint density at radius 1 is 0.603 bits per heavy atom. The van der Waals surface area contributed by atoms with Gasteiger partial charge in [-0.15, -0.1) is 11.3 Å². The largest absolute Gasteiger partial charge is 0.497 e. The van der Waals surface area contributed by atoms with E-state index in [2.05, 4.69) is 0 Å². The van der Waals surface area contributed by atoms with Crippen molar-refractivity contribution < 1.29 is 52.4 Å². The van der Waals surface area contributed by atoms with E-state index >= 15 is 0 Å². The van der Waals surface area contributed by atoms with E-state index in [4.69, 9.17) is 40.0 Å². The first kappa shape index (κ1) is 42.2. The molecule has 0 aliphatic heterocycles. The van der Waals surface area contributed by atoms with E-state index in [-0.39, 0.29) is 48.1 Å². The van der Waals surface area contributed by atoms with Crippen LogP contribution in [-0.2, 0) is 30.3 Å². The molecule has 0 radical (unpaired) electrons. The van der Waals surface area contributed by atoms with Crippen molar-refractivity contribution in [2.24, 2.45) is 23.7 Å². The highest BCUT2D eigenvalue weighted by Gasteiger charge is 2.33. The van der Waals surface area contributed by atoms with Gasteiger partial charge in [-0.25, -0.2) is 0 Å². The molecule has 6 rings (SSSR count).